The van der Waals surface area contributed by atoms with Crippen LogP contribution < -0.4 is 10.6 Å². The minimum Gasteiger partial charge on any atom is -0.347 e. The lowest BCUT2D eigenvalue weighted by Gasteiger charge is -2.30. The highest BCUT2D eigenvalue weighted by Crippen LogP contribution is 2.25. The van der Waals surface area contributed by atoms with Crippen LogP contribution in [0.3, 0.4) is 0 Å². The Morgan fingerprint density at radius 3 is 2.95 bits per heavy atom. The van der Waals surface area contributed by atoms with Crippen molar-refractivity contribution in [3.8, 4) is 0 Å². The van der Waals surface area contributed by atoms with Crippen LogP contribution in [-0.4, -0.2) is 26.3 Å². The fourth-order valence-corrected chi connectivity index (χ4v) is 2.60. The number of aryl methyl sites for hydroxylation is 2. The van der Waals surface area contributed by atoms with Crippen molar-refractivity contribution in [2.75, 3.05) is 11.4 Å². The molecule has 0 bridgehead atoms. The van der Waals surface area contributed by atoms with E-state index in [0.717, 1.165) is 42.5 Å². The Balaban J connectivity index is 1.99. The van der Waals surface area contributed by atoms with Gasteiger partial charge in [-0.2, -0.15) is 0 Å². The maximum Gasteiger partial charge on any atom is 0.152 e. The summed E-state index contributed by atoms with van der Waals surface area (Å²) in [5, 5.41) is 8.10. The maximum atomic E-state index is 5.88. The molecular formula is C13H18N6. The fourth-order valence-electron chi connectivity index (χ4n) is 2.60. The van der Waals surface area contributed by atoms with E-state index in [0.29, 0.717) is 6.54 Å². The second-order valence-electron chi connectivity index (χ2n) is 4.95. The summed E-state index contributed by atoms with van der Waals surface area (Å²) in [7, 11) is 0. The van der Waals surface area contributed by atoms with Crippen LogP contribution in [0.15, 0.2) is 12.4 Å². The van der Waals surface area contributed by atoms with Gasteiger partial charge >= 0.3 is 0 Å². The molecule has 0 aromatic carbocycles. The van der Waals surface area contributed by atoms with Crippen LogP contribution >= 0.6 is 0 Å². The molecule has 0 fully saturated rings. The number of rotatable bonds is 2. The lowest BCUT2D eigenvalue weighted by atomic mass is 10.1. The molecule has 1 aliphatic heterocycles. The zero-order valence-electron chi connectivity index (χ0n) is 11.3. The Bertz CT molecular complexity index is 603. The van der Waals surface area contributed by atoms with Crippen molar-refractivity contribution in [3.63, 3.8) is 0 Å². The highest BCUT2D eigenvalue weighted by atomic mass is 15.3. The summed E-state index contributed by atoms with van der Waals surface area (Å²) in [6.45, 7) is 7.16. The number of fused-ring (bicyclic) bond motifs is 1. The Kier molecular flexibility index (Phi) is 2.94. The number of nitrogens with two attached hydrogens (primary N) is 1. The molecule has 100 valence electrons. The first-order valence-corrected chi connectivity index (χ1v) is 6.48. The summed E-state index contributed by atoms with van der Waals surface area (Å²) in [6.07, 6.45) is 1.78. The van der Waals surface area contributed by atoms with E-state index in [1.807, 2.05) is 6.92 Å². The SMILES string of the molecule is Cc1cc(C)c(CN)c(N2CCn3cnnc3C2)n1. The van der Waals surface area contributed by atoms with Gasteiger partial charge in [0.25, 0.3) is 0 Å². The molecule has 0 radical (unpaired) electrons. The van der Waals surface area contributed by atoms with Gasteiger partial charge in [0.2, 0.25) is 0 Å². The lowest BCUT2D eigenvalue weighted by Crippen LogP contribution is -2.35. The molecule has 0 unspecified atom stereocenters. The van der Waals surface area contributed by atoms with Gasteiger partial charge in [0, 0.05) is 30.9 Å². The van der Waals surface area contributed by atoms with Gasteiger partial charge in [-0.3, -0.25) is 0 Å². The zero-order valence-corrected chi connectivity index (χ0v) is 11.3. The molecule has 3 heterocycles. The van der Waals surface area contributed by atoms with Crippen LogP contribution in [0.5, 0.6) is 0 Å². The highest BCUT2D eigenvalue weighted by Gasteiger charge is 2.21. The van der Waals surface area contributed by atoms with Crippen molar-refractivity contribution in [1.29, 1.82) is 0 Å². The Morgan fingerprint density at radius 2 is 2.16 bits per heavy atom. The van der Waals surface area contributed by atoms with Crippen LogP contribution in [0.1, 0.15) is 22.6 Å². The predicted octanol–water partition coefficient (Wildman–Crippen LogP) is 0.769. The molecule has 1 aliphatic rings. The molecule has 2 aromatic rings. The van der Waals surface area contributed by atoms with Crippen molar-refractivity contribution < 1.29 is 0 Å². The second kappa shape index (κ2) is 4.62. The maximum absolute atomic E-state index is 5.88. The lowest BCUT2D eigenvalue weighted by molar-refractivity contribution is 0.554. The quantitative estimate of drug-likeness (QED) is 0.861. The van der Waals surface area contributed by atoms with E-state index >= 15 is 0 Å². The Labute approximate surface area is 112 Å². The van der Waals surface area contributed by atoms with Gasteiger partial charge in [0.1, 0.15) is 12.1 Å². The zero-order chi connectivity index (χ0) is 13.4. The number of nitrogens with zero attached hydrogens (tertiary/aromatic N) is 5. The van der Waals surface area contributed by atoms with Gasteiger partial charge in [0.05, 0.1) is 6.54 Å². The van der Waals surface area contributed by atoms with Gasteiger partial charge < -0.3 is 15.2 Å². The van der Waals surface area contributed by atoms with E-state index in [9.17, 15) is 0 Å². The molecule has 0 saturated heterocycles. The van der Waals surface area contributed by atoms with Gasteiger partial charge in [-0.25, -0.2) is 4.98 Å². The monoisotopic (exact) mass is 258 g/mol. The molecule has 19 heavy (non-hydrogen) atoms. The molecule has 0 atom stereocenters. The smallest absolute Gasteiger partial charge is 0.152 e. The molecule has 3 rings (SSSR count). The topological polar surface area (TPSA) is 72.9 Å². The summed E-state index contributed by atoms with van der Waals surface area (Å²) in [5.41, 5.74) is 9.24. The van der Waals surface area contributed by atoms with E-state index in [1.165, 1.54) is 5.56 Å². The Morgan fingerprint density at radius 1 is 1.32 bits per heavy atom. The molecule has 2 aromatic heterocycles. The van der Waals surface area contributed by atoms with Gasteiger partial charge in [-0.05, 0) is 25.5 Å². The van der Waals surface area contributed by atoms with E-state index < -0.39 is 0 Å². The summed E-state index contributed by atoms with van der Waals surface area (Å²) in [4.78, 5) is 6.92. The van der Waals surface area contributed by atoms with Gasteiger partial charge in [-0.15, -0.1) is 10.2 Å². The van der Waals surface area contributed by atoms with Crippen molar-refractivity contribution in [2.24, 2.45) is 5.73 Å². The first kappa shape index (κ1) is 12.1. The molecule has 0 aliphatic carbocycles. The largest absolute Gasteiger partial charge is 0.347 e. The number of anilines is 1. The predicted molar refractivity (Wildman–Crippen MR) is 72.7 cm³/mol. The first-order valence-electron chi connectivity index (χ1n) is 6.48. The number of aromatic nitrogens is 4. The van der Waals surface area contributed by atoms with Crippen molar-refractivity contribution in [2.45, 2.75) is 33.5 Å². The van der Waals surface area contributed by atoms with E-state index in [4.69, 9.17) is 5.73 Å². The third-order valence-corrected chi connectivity index (χ3v) is 3.60. The van der Waals surface area contributed by atoms with E-state index in [1.54, 1.807) is 6.33 Å². The van der Waals surface area contributed by atoms with Crippen molar-refractivity contribution >= 4 is 5.82 Å². The van der Waals surface area contributed by atoms with Crippen molar-refractivity contribution in [3.05, 3.63) is 35.0 Å². The van der Waals surface area contributed by atoms with Crippen LogP contribution in [0, 0.1) is 13.8 Å². The summed E-state index contributed by atoms with van der Waals surface area (Å²) in [6, 6.07) is 2.08. The summed E-state index contributed by atoms with van der Waals surface area (Å²) in [5.74, 6) is 1.98. The number of pyridine rings is 1. The number of hydrogen-bond acceptors (Lipinski definition) is 5. The summed E-state index contributed by atoms with van der Waals surface area (Å²) < 4.78 is 2.08. The normalized spacial score (nSPS) is 14.6. The number of hydrogen-bond donors (Lipinski definition) is 1. The molecule has 6 nitrogen and oxygen atoms in total. The molecular weight excluding hydrogens is 240 g/mol. The molecule has 2 N–H and O–H groups in total. The minimum absolute atomic E-state index is 0.512. The Hall–Kier alpha value is -1.95. The third-order valence-electron chi connectivity index (χ3n) is 3.60. The minimum atomic E-state index is 0.512. The average Bonchev–Trinajstić information content (AvgIpc) is 2.85. The molecule has 0 spiro atoms. The van der Waals surface area contributed by atoms with Gasteiger partial charge in [0.15, 0.2) is 5.82 Å². The molecule has 6 heteroatoms. The fraction of sp³-hybridized carbons (Fsp3) is 0.462. The van der Waals surface area contributed by atoms with Crippen LogP contribution in [0.25, 0.3) is 0 Å². The van der Waals surface area contributed by atoms with Crippen LogP contribution in [0.2, 0.25) is 0 Å². The van der Waals surface area contributed by atoms with Crippen LogP contribution in [0.4, 0.5) is 5.82 Å². The first-order chi connectivity index (χ1) is 9.19. The van der Waals surface area contributed by atoms with Crippen LogP contribution in [-0.2, 0) is 19.6 Å². The summed E-state index contributed by atoms with van der Waals surface area (Å²) >= 11 is 0. The van der Waals surface area contributed by atoms with Crippen molar-refractivity contribution in [1.82, 2.24) is 19.7 Å². The standard InChI is InChI=1S/C13H18N6/c1-9-5-10(2)16-13(11(9)6-14)18-3-4-19-8-15-17-12(19)7-18/h5,8H,3-4,6-7,14H2,1-2H3. The third kappa shape index (κ3) is 2.08. The second-order valence-corrected chi connectivity index (χ2v) is 4.95. The highest BCUT2D eigenvalue weighted by molar-refractivity contribution is 5.52. The molecule has 0 amide bonds. The molecule has 0 saturated carbocycles. The van der Waals surface area contributed by atoms with E-state index in [-0.39, 0.29) is 0 Å². The van der Waals surface area contributed by atoms with Gasteiger partial charge in [-0.1, -0.05) is 0 Å². The van der Waals surface area contributed by atoms with E-state index in [2.05, 4.69) is 37.6 Å². The average molecular weight is 258 g/mol.